The predicted octanol–water partition coefficient (Wildman–Crippen LogP) is 4.89. The van der Waals surface area contributed by atoms with E-state index in [4.69, 9.17) is 9.97 Å². The molecule has 0 fully saturated rings. The third-order valence-electron chi connectivity index (χ3n) is 6.37. The van der Waals surface area contributed by atoms with Crippen molar-refractivity contribution >= 4 is 46.8 Å². The van der Waals surface area contributed by atoms with E-state index in [1.165, 1.54) is 24.3 Å². The van der Waals surface area contributed by atoms with Crippen molar-refractivity contribution in [3.8, 4) is 45.3 Å². The molecule has 0 spiro atoms. The van der Waals surface area contributed by atoms with E-state index in [1.54, 1.807) is 24.3 Å². The second kappa shape index (κ2) is 11.9. The van der Waals surface area contributed by atoms with Crippen molar-refractivity contribution in [3.05, 3.63) is 129 Å². The number of nitrogens with zero attached hydrogens (tertiary/aromatic N) is 4. The van der Waals surface area contributed by atoms with Crippen LogP contribution < -0.4 is 9.18 Å². The van der Waals surface area contributed by atoms with Crippen molar-refractivity contribution in [1.82, 2.24) is 19.9 Å². The normalized spacial score (nSPS) is 11.0. The number of hydrogen-bond acceptors (Lipinski definition) is 6. The van der Waals surface area contributed by atoms with Gasteiger partial charge in [0.2, 0.25) is 0 Å². The van der Waals surface area contributed by atoms with Gasteiger partial charge in [-0.1, -0.05) is 0 Å². The van der Waals surface area contributed by atoms with Crippen LogP contribution in [0, 0.1) is 20.2 Å². The zero-order valence-corrected chi connectivity index (χ0v) is 25.1. The fourth-order valence-electron chi connectivity index (χ4n) is 4.27. The molecule has 0 bridgehead atoms. The van der Waals surface area contributed by atoms with E-state index in [0.29, 0.717) is 0 Å². The maximum absolute atomic E-state index is 11.2. The molecule has 2 aromatic heterocycles. The summed E-state index contributed by atoms with van der Waals surface area (Å²) in [6.07, 6.45) is 0. The van der Waals surface area contributed by atoms with Crippen LogP contribution in [0.4, 0.5) is 11.4 Å². The van der Waals surface area contributed by atoms with Gasteiger partial charge < -0.3 is 0 Å². The van der Waals surface area contributed by atoms with Crippen LogP contribution in [0.5, 0.6) is 0 Å². The Morgan fingerprint density at radius 3 is 1.19 bits per heavy atom. The molecule has 0 aliphatic rings. The van der Waals surface area contributed by atoms with Gasteiger partial charge in [-0.2, -0.15) is 0 Å². The van der Waals surface area contributed by atoms with E-state index in [-0.39, 0.29) is 37.6 Å². The van der Waals surface area contributed by atoms with E-state index < -0.39 is 9.85 Å². The molecule has 10 nitrogen and oxygen atoms in total. The molecule has 0 atom stereocenters. The summed E-state index contributed by atoms with van der Waals surface area (Å²) in [5.41, 5.74) is 5.19. The molecule has 0 radical (unpaired) electrons. The summed E-state index contributed by atoms with van der Waals surface area (Å²) in [6, 6.07) is 32.5. The molecule has 2 heterocycles. The van der Waals surface area contributed by atoms with Crippen molar-refractivity contribution in [3.63, 3.8) is 0 Å². The molecule has 0 aliphatic carbocycles. The first kappa shape index (κ1) is 27.3. The number of nitro benzene ring substituents is 2. The van der Waals surface area contributed by atoms with Gasteiger partial charge in [0.1, 0.15) is 0 Å². The molecule has 4 aromatic carbocycles. The molecule has 6 aromatic rings. The van der Waals surface area contributed by atoms with E-state index in [0.717, 1.165) is 54.5 Å². The van der Waals surface area contributed by atoms with E-state index in [2.05, 4.69) is 9.97 Å². The van der Waals surface area contributed by atoms with E-state index >= 15 is 0 Å². The standard InChI is InChI=1S/C30H20N6O4Se2/c37-35(38)23-15-11-19(12-16-23)25-29(33-27(31-25)21-7-3-1-4-8-21)41-42-30-26(20-13-17-24(18-14-20)36(39)40)32-28(34-30)22-9-5-2-6-10-22/h1-18H,(H,31,33)(H,32,34). The predicted molar refractivity (Wildman–Crippen MR) is 163 cm³/mol. The fourth-order valence-corrected chi connectivity index (χ4v) is 10.6. The number of imidazole rings is 2. The first-order valence-electron chi connectivity index (χ1n) is 12.6. The summed E-state index contributed by atoms with van der Waals surface area (Å²) in [7, 11) is 0. The number of rotatable bonds is 9. The molecule has 0 saturated heterocycles. The fraction of sp³-hybridized carbons (Fsp3) is 0. The van der Waals surface area contributed by atoms with Crippen LogP contribution in [0.15, 0.2) is 109 Å². The Balaban J connectivity index is 1.38. The number of aromatic nitrogens is 4. The summed E-state index contributed by atoms with van der Waals surface area (Å²) in [6.45, 7) is 0. The van der Waals surface area contributed by atoms with E-state index in [9.17, 15) is 20.2 Å². The Morgan fingerprint density at radius 2 is 0.857 bits per heavy atom. The number of aromatic amines is 2. The van der Waals surface area contributed by atoms with Crippen molar-refractivity contribution < 1.29 is 9.85 Å². The van der Waals surface area contributed by atoms with Gasteiger partial charge in [0.15, 0.2) is 0 Å². The van der Waals surface area contributed by atoms with Gasteiger partial charge in [-0.15, -0.1) is 0 Å². The summed E-state index contributed by atoms with van der Waals surface area (Å²) in [4.78, 5) is 38.4. The number of benzene rings is 4. The molecule has 0 aliphatic heterocycles. The third-order valence-corrected chi connectivity index (χ3v) is 12.8. The van der Waals surface area contributed by atoms with Gasteiger partial charge in [-0.25, -0.2) is 0 Å². The van der Waals surface area contributed by atoms with Crippen LogP contribution in [-0.4, -0.2) is 56.0 Å². The van der Waals surface area contributed by atoms with Crippen LogP contribution in [0.3, 0.4) is 0 Å². The molecule has 6 rings (SSSR count). The number of nitrogens with one attached hydrogen (secondary N) is 2. The van der Waals surface area contributed by atoms with Crippen LogP contribution in [0.2, 0.25) is 0 Å². The summed E-state index contributed by atoms with van der Waals surface area (Å²) >= 11 is -0.265. The molecule has 206 valence electrons. The molecular weight excluding hydrogens is 666 g/mol. The second-order valence-electron chi connectivity index (χ2n) is 9.04. The Morgan fingerprint density at radius 1 is 0.500 bits per heavy atom. The van der Waals surface area contributed by atoms with Crippen molar-refractivity contribution in [2.45, 2.75) is 0 Å². The van der Waals surface area contributed by atoms with Crippen molar-refractivity contribution in [2.75, 3.05) is 0 Å². The van der Waals surface area contributed by atoms with Crippen LogP contribution >= 0.6 is 0 Å². The molecule has 0 unspecified atom stereocenters. The first-order chi connectivity index (χ1) is 20.5. The monoisotopic (exact) mass is 688 g/mol. The van der Waals surface area contributed by atoms with Crippen molar-refractivity contribution in [1.29, 1.82) is 0 Å². The zero-order chi connectivity index (χ0) is 29.1. The second-order valence-corrected chi connectivity index (χ2v) is 15.0. The average Bonchev–Trinajstić information content (AvgIpc) is 3.66. The van der Waals surface area contributed by atoms with Gasteiger partial charge in [0, 0.05) is 0 Å². The summed E-state index contributed by atoms with van der Waals surface area (Å²) in [5, 5.41) is 22.4. The number of H-pyrrole nitrogens is 2. The molecule has 42 heavy (non-hydrogen) atoms. The Bertz CT molecular complexity index is 1730. The topological polar surface area (TPSA) is 144 Å². The molecule has 12 heteroatoms. The average molecular weight is 686 g/mol. The number of nitro groups is 2. The molecular formula is C30H20N6O4Se2. The first-order valence-corrected chi connectivity index (χ1v) is 18.7. The molecule has 0 amide bonds. The third kappa shape index (κ3) is 5.78. The summed E-state index contributed by atoms with van der Waals surface area (Å²) in [5.74, 6) is 1.44. The maximum atomic E-state index is 11.2. The minimum absolute atomic E-state index is 0.0236. The molecule has 0 saturated carbocycles. The SMILES string of the molecule is O=[N+]([O-])c1ccc(-c2[nH]c(-c3ccccc3)nc2[Se][Se]c2nc(-c3ccccc3)[nH]c2-c2ccc([N+](=O)[O-])cc2)cc1. The van der Waals surface area contributed by atoms with Gasteiger partial charge in [0.25, 0.3) is 0 Å². The number of non-ortho nitro benzene ring substituents is 2. The van der Waals surface area contributed by atoms with Crippen molar-refractivity contribution in [2.24, 2.45) is 0 Å². The Hall–Kier alpha value is -4.86. The van der Waals surface area contributed by atoms with Gasteiger partial charge in [0.05, 0.1) is 0 Å². The van der Waals surface area contributed by atoms with Crippen LogP contribution in [0.25, 0.3) is 45.3 Å². The van der Waals surface area contributed by atoms with Crippen LogP contribution in [0.1, 0.15) is 0 Å². The quantitative estimate of drug-likeness (QED) is 0.126. The summed E-state index contributed by atoms with van der Waals surface area (Å²) < 4.78 is 1.77. The van der Waals surface area contributed by atoms with Gasteiger partial charge >= 0.3 is 251 Å². The van der Waals surface area contributed by atoms with Crippen LogP contribution in [-0.2, 0) is 0 Å². The minimum atomic E-state index is -0.415. The Kier molecular flexibility index (Phi) is 7.76. The molecule has 2 N–H and O–H groups in total. The van der Waals surface area contributed by atoms with Gasteiger partial charge in [-0.05, 0) is 0 Å². The van der Waals surface area contributed by atoms with Gasteiger partial charge in [-0.3, -0.25) is 0 Å². The Labute approximate surface area is 250 Å². The van der Waals surface area contributed by atoms with E-state index in [1.807, 2.05) is 60.7 Å². The number of hydrogen-bond donors (Lipinski definition) is 2. The zero-order valence-electron chi connectivity index (χ0n) is 21.6.